The average molecular weight is 309 g/mol. The van der Waals surface area contributed by atoms with E-state index in [0.29, 0.717) is 11.3 Å². The zero-order chi connectivity index (χ0) is 16.2. The standard InChI is InChI=1S/C15H10F3NO3/c16-15(17,18)12-3-7-14(8-4-12)22-13-5-1-11(2-6-13)9-10-19(20)21/h1-10H/b10-9+. The predicted octanol–water partition coefficient (Wildman–Crippen LogP) is 4.75. The first kappa shape index (κ1) is 15.6. The van der Waals surface area contributed by atoms with E-state index in [1.165, 1.54) is 18.2 Å². The molecule has 0 bridgehead atoms. The van der Waals surface area contributed by atoms with Crippen molar-refractivity contribution >= 4 is 6.08 Å². The lowest BCUT2D eigenvalue weighted by molar-refractivity contribution is -0.400. The Kier molecular flexibility index (Phi) is 4.45. The fraction of sp³-hybridized carbons (Fsp3) is 0.0667. The van der Waals surface area contributed by atoms with Gasteiger partial charge in [-0.3, -0.25) is 10.1 Å². The van der Waals surface area contributed by atoms with Crippen molar-refractivity contribution in [1.29, 1.82) is 0 Å². The maximum absolute atomic E-state index is 12.4. The number of nitrogens with zero attached hydrogens (tertiary/aromatic N) is 1. The second kappa shape index (κ2) is 6.30. The van der Waals surface area contributed by atoms with E-state index in [1.54, 1.807) is 24.3 Å². The number of halogens is 3. The fourth-order valence-corrected chi connectivity index (χ4v) is 1.64. The van der Waals surface area contributed by atoms with Crippen molar-refractivity contribution in [3.8, 4) is 11.5 Å². The van der Waals surface area contributed by atoms with Crippen molar-refractivity contribution < 1.29 is 22.8 Å². The summed E-state index contributed by atoms with van der Waals surface area (Å²) in [6.45, 7) is 0. The maximum atomic E-state index is 12.4. The first-order valence-electron chi connectivity index (χ1n) is 6.11. The molecule has 0 unspecified atom stereocenters. The lowest BCUT2D eigenvalue weighted by atomic mass is 10.2. The largest absolute Gasteiger partial charge is 0.457 e. The van der Waals surface area contributed by atoms with Gasteiger partial charge in [0, 0.05) is 6.08 Å². The molecule has 2 aromatic rings. The minimum Gasteiger partial charge on any atom is -0.457 e. The van der Waals surface area contributed by atoms with E-state index in [1.807, 2.05) is 0 Å². The molecule has 0 aliphatic heterocycles. The first-order valence-corrected chi connectivity index (χ1v) is 6.11. The number of benzene rings is 2. The van der Waals surface area contributed by atoms with Crippen LogP contribution in [0.15, 0.2) is 54.7 Å². The number of hydrogen-bond acceptors (Lipinski definition) is 3. The normalized spacial score (nSPS) is 11.6. The zero-order valence-corrected chi connectivity index (χ0v) is 11.1. The molecule has 0 aromatic heterocycles. The van der Waals surface area contributed by atoms with Crippen LogP contribution in [0.1, 0.15) is 11.1 Å². The molecule has 0 radical (unpaired) electrons. The summed E-state index contributed by atoms with van der Waals surface area (Å²) in [5, 5.41) is 10.2. The van der Waals surface area contributed by atoms with E-state index in [4.69, 9.17) is 4.74 Å². The molecule has 0 saturated heterocycles. The molecule has 0 N–H and O–H groups in total. The highest BCUT2D eigenvalue weighted by Gasteiger charge is 2.30. The molecule has 0 fully saturated rings. The van der Waals surface area contributed by atoms with Crippen LogP contribution < -0.4 is 4.74 Å². The van der Waals surface area contributed by atoms with Crippen LogP contribution in [-0.2, 0) is 6.18 Å². The smallest absolute Gasteiger partial charge is 0.416 e. The average Bonchev–Trinajstić information content (AvgIpc) is 2.46. The highest BCUT2D eigenvalue weighted by molar-refractivity contribution is 5.49. The van der Waals surface area contributed by atoms with Crippen molar-refractivity contribution in [3.05, 3.63) is 76.0 Å². The quantitative estimate of drug-likeness (QED) is 0.605. The van der Waals surface area contributed by atoms with Gasteiger partial charge in [0.05, 0.1) is 10.5 Å². The van der Waals surface area contributed by atoms with Gasteiger partial charge in [-0.25, -0.2) is 0 Å². The van der Waals surface area contributed by atoms with E-state index in [-0.39, 0.29) is 5.75 Å². The molecule has 7 heteroatoms. The number of nitro groups is 1. The lowest BCUT2D eigenvalue weighted by Crippen LogP contribution is -2.03. The number of ether oxygens (including phenoxy) is 1. The van der Waals surface area contributed by atoms with E-state index in [0.717, 1.165) is 18.3 Å². The Labute approximate surface area is 123 Å². The zero-order valence-electron chi connectivity index (χ0n) is 11.1. The van der Waals surface area contributed by atoms with Crippen LogP contribution in [0.5, 0.6) is 11.5 Å². The molecule has 22 heavy (non-hydrogen) atoms. The summed E-state index contributed by atoms with van der Waals surface area (Å²) >= 11 is 0. The van der Waals surface area contributed by atoms with Crippen LogP contribution in [0, 0.1) is 10.1 Å². The fourth-order valence-electron chi connectivity index (χ4n) is 1.64. The van der Waals surface area contributed by atoms with Gasteiger partial charge in [-0.15, -0.1) is 0 Å². The predicted molar refractivity (Wildman–Crippen MR) is 74.0 cm³/mol. The SMILES string of the molecule is O=[N+]([O-])/C=C/c1ccc(Oc2ccc(C(F)(F)F)cc2)cc1. The number of hydrogen-bond donors (Lipinski definition) is 0. The monoisotopic (exact) mass is 309 g/mol. The number of alkyl halides is 3. The lowest BCUT2D eigenvalue weighted by Gasteiger charge is -2.09. The minimum atomic E-state index is -4.39. The van der Waals surface area contributed by atoms with Crippen molar-refractivity contribution in [1.82, 2.24) is 0 Å². The molecule has 0 aliphatic rings. The third-order valence-electron chi connectivity index (χ3n) is 2.69. The summed E-state index contributed by atoms with van der Waals surface area (Å²) in [6.07, 6.45) is -2.25. The summed E-state index contributed by atoms with van der Waals surface area (Å²) < 4.78 is 42.7. The van der Waals surface area contributed by atoms with Crippen LogP contribution in [0.2, 0.25) is 0 Å². The third-order valence-corrected chi connectivity index (χ3v) is 2.69. The van der Waals surface area contributed by atoms with Crippen LogP contribution in [0.25, 0.3) is 6.08 Å². The van der Waals surface area contributed by atoms with E-state index < -0.39 is 16.7 Å². The highest BCUT2D eigenvalue weighted by Crippen LogP contribution is 2.31. The van der Waals surface area contributed by atoms with Gasteiger partial charge in [-0.2, -0.15) is 13.2 Å². The Morgan fingerprint density at radius 2 is 1.45 bits per heavy atom. The second-order valence-electron chi connectivity index (χ2n) is 4.29. The summed E-state index contributed by atoms with van der Waals surface area (Å²) in [7, 11) is 0. The summed E-state index contributed by atoms with van der Waals surface area (Å²) in [4.78, 5) is 9.62. The van der Waals surface area contributed by atoms with Gasteiger partial charge in [0.15, 0.2) is 0 Å². The van der Waals surface area contributed by atoms with E-state index in [9.17, 15) is 23.3 Å². The molecule has 114 valence electrons. The van der Waals surface area contributed by atoms with Gasteiger partial charge in [0.1, 0.15) is 11.5 Å². The van der Waals surface area contributed by atoms with Crippen molar-refractivity contribution in [2.75, 3.05) is 0 Å². The molecule has 2 rings (SSSR count). The molecular formula is C15H10F3NO3. The van der Waals surface area contributed by atoms with E-state index >= 15 is 0 Å². The van der Waals surface area contributed by atoms with Crippen LogP contribution in [0.4, 0.5) is 13.2 Å². The molecule has 2 aromatic carbocycles. The Morgan fingerprint density at radius 3 is 1.91 bits per heavy atom. The second-order valence-corrected chi connectivity index (χ2v) is 4.29. The molecule has 0 heterocycles. The Balaban J connectivity index is 2.06. The Morgan fingerprint density at radius 1 is 0.955 bits per heavy atom. The third kappa shape index (κ3) is 4.34. The van der Waals surface area contributed by atoms with Crippen molar-refractivity contribution in [2.45, 2.75) is 6.18 Å². The van der Waals surface area contributed by atoms with Gasteiger partial charge >= 0.3 is 6.18 Å². The highest BCUT2D eigenvalue weighted by atomic mass is 19.4. The topological polar surface area (TPSA) is 52.4 Å². The summed E-state index contributed by atoms with van der Waals surface area (Å²) in [5.41, 5.74) is -0.142. The molecule has 0 saturated carbocycles. The Hall–Kier alpha value is -2.83. The maximum Gasteiger partial charge on any atom is 0.416 e. The van der Waals surface area contributed by atoms with Gasteiger partial charge in [-0.05, 0) is 42.0 Å². The molecule has 0 atom stereocenters. The van der Waals surface area contributed by atoms with Crippen molar-refractivity contribution in [2.24, 2.45) is 0 Å². The van der Waals surface area contributed by atoms with Crippen molar-refractivity contribution in [3.63, 3.8) is 0 Å². The first-order chi connectivity index (χ1) is 10.3. The molecule has 4 nitrogen and oxygen atoms in total. The molecule has 0 amide bonds. The Bertz CT molecular complexity index is 677. The van der Waals surface area contributed by atoms with Gasteiger partial charge in [0.2, 0.25) is 6.20 Å². The minimum absolute atomic E-state index is 0.265. The molecule has 0 aliphatic carbocycles. The van der Waals surface area contributed by atoms with Crippen LogP contribution in [-0.4, -0.2) is 4.92 Å². The number of rotatable bonds is 4. The van der Waals surface area contributed by atoms with Gasteiger partial charge < -0.3 is 4.74 Å². The summed E-state index contributed by atoms with van der Waals surface area (Å²) in [6, 6.07) is 10.6. The van der Waals surface area contributed by atoms with Crippen LogP contribution >= 0.6 is 0 Å². The van der Waals surface area contributed by atoms with Gasteiger partial charge in [0.25, 0.3) is 0 Å². The van der Waals surface area contributed by atoms with Gasteiger partial charge in [-0.1, -0.05) is 12.1 Å². The summed E-state index contributed by atoms with van der Waals surface area (Å²) in [5.74, 6) is 0.680. The molecule has 0 spiro atoms. The molecular weight excluding hydrogens is 299 g/mol. The van der Waals surface area contributed by atoms with Crippen LogP contribution in [0.3, 0.4) is 0 Å². The van der Waals surface area contributed by atoms with E-state index in [2.05, 4.69) is 0 Å².